The number of carbonyl (C=O) groups excluding carboxylic acids is 1. The lowest BCUT2D eigenvalue weighted by atomic mass is 10.3. The van der Waals surface area contributed by atoms with Gasteiger partial charge in [-0.3, -0.25) is 4.79 Å². The molecule has 1 saturated carbocycles. The molecule has 1 aromatic heterocycles. The lowest BCUT2D eigenvalue weighted by Gasteiger charge is -2.07. The monoisotopic (exact) mass is 348 g/mol. The number of hydrogen-bond donors (Lipinski definition) is 2. The van der Waals surface area contributed by atoms with Crippen LogP contribution >= 0.6 is 0 Å². The van der Waals surface area contributed by atoms with Crippen LogP contribution in [-0.2, 0) is 16.4 Å². The van der Waals surface area contributed by atoms with Crippen LogP contribution in [0.5, 0.6) is 0 Å². The van der Waals surface area contributed by atoms with E-state index in [1.165, 1.54) is 12.1 Å². The normalized spacial score (nSPS) is 14.5. The largest absolute Gasteiger partial charge is 0.456 e. The number of furan rings is 1. The van der Waals surface area contributed by atoms with Crippen LogP contribution in [0.15, 0.2) is 45.7 Å². The van der Waals surface area contributed by atoms with Gasteiger partial charge in [0.15, 0.2) is 5.76 Å². The third-order valence-corrected chi connectivity index (χ3v) is 5.35. The molecule has 0 bridgehead atoms. The first kappa shape index (κ1) is 16.7. The van der Waals surface area contributed by atoms with Crippen molar-refractivity contribution in [2.45, 2.75) is 31.1 Å². The van der Waals surface area contributed by atoms with E-state index in [0.29, 0.717) is 24.6 Å². The van der Waals surface area contributed by atoms with E-state index in [4.69, 9.17) is 4.42 Å². The van der Waals surface area contributed by atoms with Crippen molar-refractivity contribution in [3.8, 4) is 0 Å². The van der Waals surface area contributed by atoms with Crippen LogP contribution in [0, 0.1) is 5.92 Å². The maximum Gasteiger partial charge on any atom is 0.291 e. The van der Waals surface area contributed by atoms with Gasteiger partial charge in [0.25, 0.3) is 5.91 Å². The van der Waals surface area contributed by atoms with Crippen molar-refractivity contribution >= 4 is 21.6 Å². The zero-order chi connectivity index (χ0) is 17.2. The van der Waals surface area contributed by atoms with Gasteiger partial charge in [-0.2, -0.15) is 0 Å². The molecule has 1 aliphatic rings. The van der Waals surface area contributed by atoms with Gasteiger partial charge in [0.1, 0.15) is 5.76 Å². The van der Waals surface area contributed by atoms with Crippen LogP contribution in [0.1, 0.15) is 36.1 Å². The van der Waals surface area contributed by atoms with E-state index in [-0.39, 0.29) is 16.6 Å². The van der Waals surface area contributed by atoms with Gasteiger partial charge in [0, 0.05) is 18.7 Å². The van der Waals surface area contributed by atoms with Crippen molar-refractivity contribution in [1.29, 1.82) is 0 Å². The average Bonchev–Trinajstić information content (AvgIpc) is 3.28. The number of amides is 1. The minimum Gasteiger partial charge on any atom is -0.456 e. The number of sulfonamides is 1. The number of nitrogens with one attached hydrogen (secondary N) is 2. The summed E-state index contributed by atoms with van der Waals surface area (Å²) in [6.45, 7) is 2.43. The van der Waals surface area contributed by atoms with Gasteiger partial charge in [-0.1, -0.05) is 6.92 Å². The summed E-state index contributed by atoms with van der Waals surface area (Å²) >= 11 is 0. The zero-order valence-electron chi connectivity index (χ0n) is 13.4. The van der Waals surface area contributed by atoms with E-state index in [1.54, 1.807) is 24.3 Å². The Bertz CT molecular complexity index is 821. The van der Waals surface area contributed by atoms with E-state index < -0.39 is 10.0 Å². The van der Waals surface area contributed by atoms with Gasteiger partial charge in [0.2, 0.25) is 10.0 Å². The topological polar surface area (TPSA) is 88.4 Å². The van der Waals surface area contributed by atoms with Crippen molar-refractivity contribution in [3.63, 3.8) is 0 Å². The number of carbonyl (C=O) groups is 1. The van der Waals surface area contributed by atoms with Crippen molar-refractivity contribution in [2.24, 2.45) is 5.92 Å². The van der Waals surface area contributed by atoms with Gasteiger partial charge in [-0.15, -0.1) is 0 Å². The van der Waals surface area contributed by atoms with Crippen molar-refractivity contribution in [2.75, 3.05) is 11.9 Å². The highest BCUT2D eigenvalue weighted by Crippen LogP contribution is 2.28. The molecule has 1 aromatic carbocycles. The summed E-state index contributed by atoms with van der Waals surface area (Å²) in [5, 5.41) is 2.69. The molecule has 1 amide bonds. The molecule has 2 aromatic rings. The fourth-order valence-electron chi connectivity index (χ4n) is 2.23. The van der Waals surface area contributed by atoms with Gasteiger partial charge < -0.3 is 9.73 Å². The Labute approximate surface area is 141 Å². The predicted octanol–water partition coefficient (Wildman–Crippen LogP) is 2.78. The number of anilines is 1. The number of rotatable bonds is 7. The Hall–Kier alpha value is -2.12. The molecule has 0 unspecified atom stereocenters. The molecule has 128 valence electrons. The lowest BCUT2D eigenvalue weighted by Crippen LogP contribution is -2.25. The molecule has 24 heavy (non-hydrogen) atoms. The maximum atomic E-state index is 12.1. The summed E-state index contributed by atoms with van der Waals surface area (Å²) < 4.78 is 32.3. The minimum atomic E-state index is -3.49. The van der Waals surface area contributed by atoms with Crippen molar-refractivity contribution in [1.82, 2.24) is 4.72 Å². The molecule has 6 nitrogen and oxygen atoms in total. The Morgan fingerprint density at radius 3 is 2.46 bits per heavy atom. The first-order valence-corrected chi connectivity index (χ1v) is 9.46. The Morgan fingerprint density at radius 2 is 1.88 bits per heavy atom. The molecule has 1 heterocycles. The fraction of sp³-hybridized carbons (Fsp3) is 0.353. The van der Waals surface area contributed by atoms with E-state index in [0.717, 1.165) is 18.6 Å². The zero-order valence-corrected chi connectivity index (χ0v) is 14.2. The standard InChI is InChI=1S/C17H20N2O4S/c1-2-14-7-10-16(23-14)17(20)19-13-5-8-15(9-6-13)24(21,22)18-11-12-3-4-12/h5-10,12,18H,2-4,11H2,1H3,(H,19,20). The summed E-state index contributed by atoms with van der Waals surface area (Å²) in [7, 11) is -3.49. The number of hydrogen-bond acceptors (Lipinski definition) is 4. The summed E-state index contributed by atoms with van der Waals surface area (Å²) in [6.07, 6.45) is 2.88. The Balaban J connectivity index is 1.64. The molecule has 3 rings (SSSR count). The van der Waals surface area contributed by atoms with Gasteiger partial charge >= 0.3 is 0 Å². The first-order chi connectivity index (χ1) is 11.5. The number of aryl methyl sites for hydroxylation is 1. The van der Waals surface area contributed by atoms with Crippen molar-refractivity contribution < 1.29 is 17.6 Å². The summed E-state index contributed by atoms with van der Waals surface area (Å²) in [5.74, 6) is 1.08. The molecule has 7 heteroatoms. The Kier molecular flexibility index (Phi) is 4.73. The quantitative estimate of drug-likeness (QED) is 0.805. The molecule has 0 spiro atoms. The lowest BCUT2D eigenvalue weighted by molar-refractivity contribution is 0.0995. The molecule has 2 N–H and O–H groups in total. The van der Waals surface area contributed by atoms with E-state index in [1.807, 2.05) is 6.92 Å². The molecule has 0 saturated heterocycles. The second-order valence-electron chi connectivity index (χ2n) is 5.89. The van der Waals surface area contributed by atoms with Crippen LogP contribution in [0.2, 0.25) is 0 Å². The van der Waals surface area contributed by atoms with Crippen LogP contribution in [0.25, 0.3) is 0 Å². The molecular formula is C17H20N2O4S. The highest BCUT2D eigenvalue weighted by Gasteiger charge is 2.24. The fourth-order valence-corrected chi connectivity index (χ4v) is 3.35. The smallest absolute Gasteiger partial charge is 0.291 e. The van der Waals surface area contributed by atoms with E-state index >= 15 is 0 Å². The Morgan fingerprint density at radius 1 is 1.17 bits per heavy atom. The van der Waals surface area contributed by atoms with Crippen LogP contribution < -0.4 is 10.0 Å². The van der Waals surface area contributed by atoms with Gasteiger partial charge in [-0.05, 0) is 55.2 Å². The third kappa shape index (κ3) is 4.04. The first-order valence-electron chi connectivity index (χ1n) is 7.97. The van der Waals surface area contributed by atoms with E-state index in [2.05, 4.69) is 10.0 Å². The minimum absolute atomic E-state index is 0.187. The molecule has 0 atom stereocenters. The third-order valence-electron chi connectivity index (χ3n) is 3.92. The van der Waals surface area contributed by atoms with Gasteiger partial charge in [0.05, 0.1) is 4.90 Å². The summed E-state index contributed by atoms with van der Waals surface area (Å²) in [5.41, 5.74) is 0.510. The molecule has 1 aliphatic carbocycles. The second kappa shape index (κ2) is 6.78. The van der Waals surface area contributed by atoms with Crippen molar-refractivity contribution in [3.05, 3.63) is 47.9 Å². The second-order valence-corrected chi connectivity index (χ2v) is 7.66. The summed E-state index contributed by atoms with van der Waals surface area (Å²) in [6, 6.07) is 9.46. The maximum absolute atomic E-state index is 12.1. The molecule has 0 aliphatic heterocycles. The van der Waals surface area contributed by atoms with E-state index in [9.17, 15) is 13.2 Å². The SMILES string of the molecule is CCc1ccc(C(=O)Nc2ccc(S(=O)(=O)NCC3CC3)cc2)o1. The highest BCUT2D eigenvalue weighted by atomic mass is 32.2. The average molecular weight is 348 g/mol. The van der Waals surface area contributed by atoms with Crippen LogP contribution in [0.3, 0.4) is 0 Å². The van der Waals surface area contributed by atoms with Crippen LogP contribution in [-0.4, -0.2) is 20.9 Å². The number of benzene rings is 1. The summed E-state index contributed by atoms with van der Waals surface area (Å²) in [4.78, 5) is 12.3. The molecular weight excluding hydrogens is 328 g/mol. The van der Waals surface area contributed by atoms with Crippen LogP contribution in [0.4, 0.5) is 5.69 Å². The molecule has 1 fully saturated rings. The highest BCUT2D eigenvalue weighted by molar-refractivity contribution is 7.89. The molecule has 0 radical (unpaired) electrons. The predicted molar refractivity (Wildman–Crippen MR) is 90.4 cm³/mol. The van der Waals surface area contributed by atoms with Gasteiger partial charge in [-0.25, -0.2) is 13.1 Å².